The zero-order chi connectivity index (χ0) is 16.7. The summed E-state index contributed by atoms with van der Waals surface area (Å²) >= 11 is 0. The van der Waals surface area contributed by atoms with Crippen molar-refractivity contribution in [1.82, 2.24) is 10.5 Å². The molecule has 3 rings (SSSR count). The van der Waals surface area contributed by atoms with Crippen LogP contribution in [0.3, 0.4) is 0 Å². The van der Waals surface area contributed by atoms with Gasteiger partial charge in [-0.1, -0.05) is 24.2 Å². The van der Waals surface area contributed by atoms with E-state index in [1.807, 2.05) is 32.9 Å². The molecule has 2 aliphatic rings. The first kappa shape index (κ1) is 15.8. The normalized spacial score (nSPS) is 29.7. The molecule has 124 valence electrons. The van der Waals surface area contributed by atoms with E-state index in [2.05, 4.69) is 10.5 Å². The van der Waals surface area contributed by atoms with Gasteiger partial charge in [-0.15, -0.1) is 0 Å². The van der Waals surface area contributed by atoms with E-state index in [0.717, 1.165) is 17.7 Å². The quantitative estimate of drug-likeness (QED) is 0.813. The smallest absolute Gasteiger partial charge is 0.307 e. The number of aliphatic carboxylic acids is 1. The fourth-order valence-electron chi connectivity index (χ4n) is 4.15. The number of allylic oxidation sites excluding steroid dienone is 2. The van der Waals surface area contributed by atoms with Gasteiger partial charge in [-0.2, -0.15) is 0 Å². The molecule has 1 aromatic heterocycles. The highest BCUT2D eigenvalue weighted by Gasteiger charge is 2.51. The van der Waals surface area contributed by atoms with Crippen LogP contribution in [0.25, 0.3) is 0 Å². The van der Waals surface area contributed by atoms with Crippen LogP contribution in [0.15, 0.2) is 16.7 Å². The van der Waals surface area contributed by atoms with E-state index >= 15 is 0 Å². The molecule has 1 saturated carbocycles. The lowest BCUT2D eigenvalue weighted by Gasteiger charge is -2.26. The third-order valence-corrected chi connectivity index (χ3v) is 5.21. The number of nitrogens with zero attached hydrogens (tertiary/aromatic N) is 1. The van der Waals surface area contributed by atoms with E-state index in [1.165, 1.54) is 0 Å². The molecular formula is C17H22N2O4. The summed E-state index contributed by atoms with van der Waals surface area (Å²) in [5.41, 5.74) is 1.66. The molecule has 2 aliphatic carbocycles. The van der Waals surface area contributed by atoms with E-state index in [4.69, 9.17) is 4.52 Å². The van der Waals surface area contributed by atoms with Gasteiger partial charge in [0.15, 0.2) is 0 Å². The summed E-state index contributed by atoms with van der Waals surface area (Å²) in [6, 6.07) is -0.202. The number of hydrogen-bond acceptors (Lipinski definition) is 4. The average molecular weight is 318 g/mol. The third-order valence-electron chi connectivity index (χ3n) is 5.21. The molecule has 1 heterocycles. The second-order valence-corrected chi connectivity index (χ2v) is 6.55. The minimum atomic E-state index is -0.882. The van der Waals surface area contributed by atoms with Crippen molar-refractivity contribution in [2.24, 2.45) is 23.7 Å². The maximum atomic E-state index is 12.8. The number of carboxylic acids is 1. The summed E-state index contributed by atoms with van der Waals surface area (Å²) in [5, 5.41) is 16.4. The Morgan fingerprint density at radius 3 is 2.52 bits per heavy atom. The van der Waals surface area contributed by atoms with Gasteiger partial charge in [0.05, 0.1) is 23.6 Å². The van der Waals surface area contributed by atoms with Crippen molar-refractivity contribution < 1.29 is 19.2 Å². The van der Waals surface area contributed by atoms with E-state index in [9.17, 15) is 14.7 Å². The fourth-order valence-corrected chi connectivity index (χ4v) is 4.15. The number of aryl methyl sites for hydroxylation is 2. The molecule has 23 heavy (non-hydrogen) atoms. The van der Waals surface area contributed by atoms with E-state index in [0.29, 0.717) is 12.2 Å². The second kappa shape index (κ2) is 5.83. The van der Waals surface area contributed by atoms with Crippen LogP contribution in [0.4, 0.5) is 0 Å². The summed E-state index contributed by atoms with van der Waals surface area (Å²) in [7, 11) is 0. The molecule has 0 saturated heterocycles. The van der Waals surface area contributed by atoms with E-state index in [1.54, 1.807) is 0 Å². The summed E-state index contributed by atoms with van der Waals surface area (Å²) in [6.07, 6.45) is 5.39. The first-order valence-corrected chi connectivity index (χ1v) is 8.08. The summed E-state index contributed by atoms with van der Waals surface area (Å²) in [4.78, 5) is 24.3. The summed E-state index contributed by atoms with van der Waals surface area (Å²) in [5.74, 6) is -1.47. The van der Waals surface area contributed by atoms with Crippen LogP contribution in [0.2, 0.25) is 0 Å². The SMILES string of the molecule is CCC(NC(=O)C1C2C=CC(C2)C1C(=O)O)c1c(C)noc1C. The Morgan fingerprint density at radius 1 is 1.35 bits per heavy atom. The predicted molar refractivity (Wildman–Crippen MR) is 82.5 cm³/mol. The number of aromatic nitrogens is 1. The number of rotatable bonds is 5. The van der Waals surface area contributed by atoms with Gasteiger partial charge in [0.1, 0.15) is 5.76 Å². The van der Waals surface area contributed by atoms with Crippen molar-refractivity contribution >= 4 is 11.9 Å². The number of carbonyl (C=O) groups is 2. The molecule has 0 radical (unpaired) electrons. The molecule has 1 fully saturated rings. The van der Waals surface area contributed by atoms with Gasteiger partial charge in [0.25, 0.3) is 0 Å². The Kier molecular flexibility index (Phi) is 4.00. The molecule has 0 aliphatic heterocycles. The Bertz CT molecular complexity index is 644. The first-order chi connectivity index (χ1) is 10.9. The van der Waals surface area contributed by atoms with Gasteiger partial charge in [-0.3, -0.25) is 9.59 Å². The molecule has 5 atom stereocenters. The molecule has 2 bridgehead atoms. The van der Waals surface area contributed by atoms with Crippen LogP contribution in [-0.4, -0.2) is 22.1 Å². The predicted octanol–water partition coefficient (Wildman–Crippen LogP) is 2.38. The Morgan fingerprint density at radius 2 is 2.00 bits per heavy atom. The maximum Gasteiger partial charge on any atom is 0.307 e. The van der Waals surface area contributed by atoms with Crippen molar-refractivity contribution in [2.45, 2.75) is 39.7 Å². The molecule has 0 spiro atoms. The maximum absolute atomic E-state index is 12.8. The van der Waals surface area contributed by atoms with Crippen molar-refractivity contribution in [1.29, 1.82) is 0 Å². The molecule has 2 N–H and O–H groups in total. The summed E-state index contributed by atoms with van der Waals surface area (Å²) < 4.78 is 5.19. The van der Waals surface area contributed by atoms with E-state index in [-0.39, 0.29) is 23.8 Å². The minimum Gasteiger partial charge on any atom is -0.481 e. The van der Waals surface area contributed by atoms with Gasteiger partial charge in [-0.05, 0) is 38.5 Å². The molecular weight excluding hydrogens is 296 g/mol. The zero-order valence-electron chi connectivity index (χ0n) is 13.6. The minimum absolute atomic E-state index is 0.0209. The van der Waals surface area contributed by atoms with Gasteiger partial charge < -0.3 is 14.9 Å². The van der Waals surface area contributed by atoms with Crippen molar-refractivity contribution in [2.75, 3.05) is 0 Å². The molecule has 6 heteroatoms. The third kappa shape index (κ3) is 2.56. The zero-order valence-corrected chi connectivity index (χ0v) is 13.6. The fraction of sp³-hybridized carbons (Fsp3) is 0.588. The van der Waals surface area contributed by atoms with Crippen LogP contribution in [0.5, 0.6) is 0 Å². The number of amides is 1. The first-order valence-electron chi connectivity index (χ1n) is 8.08. The van der Waals surface area contributed by atoms with Crippen molar-refractivity contribution in [3.8, 4) is 0 Å². The molecule has 0 aromatic carbocycles. The van der Waals surface area contributed by atoms with Crippen LogP contribution >= 0.6 is 0 Å². The lowest BCUT2D eigenvalue weighted by molar-refractivity contribution is -0.148. The molecule has 1 aromatic rings. The average Bonchev–Trinajstić information content (AvgIpc) is 3.20. The Hall–Kier alpha value is -2.11. The molecule has 1 amide bonds. The number of fused-ring (bicyclic) bond motifs is 2. The van der Waals surface area contributed by atoms with Gasteiger partial charge in [0.2, 0.25) is 5.91 Å². The highest BCUT2D eigenvalue weighted by molar-refractivity contribution is 5.87. The van der Waals surface area contributed by atoms with E-state index < -0.39 is 17.8 Å². The van der Waals surface area contributed by atoms with Gasteiger partial charge in [-0.25, -0.2) is 0 Å². The lowest BCUT2D eigenvalue weighted by atomic mass is 9.82. The topological polar surface area (TPSA) is 92.4 Å². The van der Waals surface area contributed by atoms with Crippen LogP contribution in [-0.2, 0) is 9.59 Å². The van der Waals surface area contributed by atoms with Crippen LogP contribution in [0, 0.1) is 37.5 Å². The van der Waals surface area contributed by atoms with Crippen molar-refractivity contribution in [3.63, 3.8) is 0 Å². The number of nitrogens with one attached hydrogen (secondary N) is 1. The van der Waals surface area contributed by atoms with Crippen molar-refractivity contribution in [3.05, 3.63) is 29.2 Å². The lowest BCUT2D eigenvalue weighted by Crippen LogP contribution is -2.41. The number of carboxylic acid groups (broad SMARTS) is 1. The summed E-state index contributed by atoms with van der Waals surface area (Å²) in [6.45, 7) is 5.65. The van der Waals surface area contributed by atoms with Crippen LogP contribution in [0.1, 0.15) is 42.8 Å². The Labute approximate surface area is 134 Å². The number of hydrogen-bond donors (Lipinski definition) is 2. The highest BCUT2D eigenvalue weighted by Crippen LogP contribution is 2.48. The highest BCUT2D eigenvalue weighted by atomic mass is 16.5. The molecule has 6 nitrogen and oxygen atoms in total. The number of carbonyl (C=O) groups excluding carboxylic acids is 1. The standard InChI is InChI=1S/C17H22N2O4/c1-4-12(13-8(2)19-23-9(13)3)18-16(20)14-10-5-6-11(7-10)15(14)17(21)22/h5-6,10-12,14-15H,4,7H2,1-3H3,(H,18,20)(H,21,22). The monoisotopic (exact) mass is 318 g/mol. The van der Waals surface area contributed by atoms with Gasteiger partial charge in [0, 0.05) is 5.56 Å². The second-order valence-electron chi connectivity index (χ2n) is 6.55. The largest absolute Gasteiger partial charge is 0.481 e. The van der Waals surface area contributed by atoms with Crippen LogP contribution < -0.4 is 5.32 Å². The Balaban J connectivity index is 1.80. The molecule has 5 unspecified atom stereocenters. The van der Waals surface area contributed by atoms with Gasteiger partial charge >= 0.3 is 5.97 Å².